The fourth-order valence-corrected chi connectivity index (χ4v) is 2.34. The SMILES string of the molecule is CCNC(=O)CNC1CCCN(C(C)C)CC1. The number of likely N-dealkylation sites (tertiary alicyclic amines) is 1. The molecule has 1 saturated heterocycles. The summed E-state index contributed by atoms with van der Waals surface area (Å²) in [6.45, 7) is 9.96. The third-order valence-electron chi connectivity index (χ3n) is 3.42. The third-order valence-corrected chi connectivity index (χ3v) is 3.42. The Morgan fingerprint density at radius 1 is 1.35 bits per heavy atom. The van der Waals surface area contributed by atoms with E-state index < -0.39 is 0 Å². The van der Waals surface area contributed by atoms with Crippen molar-refractivity contribution in [3.63, 3.8) is 0 Å². The van der Waals surface area contributed by atoms with Crippen molar-refractivity contribution < 1.29 is 4.79 Å². The van der Waals surface area contributed by atoms with E-state index in [1.165, 1.54) is 19.4 Å². The number of nitrogens with zero attached hydrogens (tertiary/aromatic N) is 1. The van der Waals surface area contributed by atoms with Gasteiger partial charge in [-0.2, -0.15) is 0 Å². The Kier molecular flexibility index (Phi) is 6.52. The van der Waals surface area contributed by atoms with E-state index in [4.69, 9.17) is 0 Å². The van der Waals surface area contributed by atoms with E-state index in [2.05, 4.69) is 29.4 Å². The quantitative estimate of drug-likeness (QED) is 0.754. The fourth-order valence-electron chi connectivity index (χ4n) is 2.34. The van der Waals surface area contributed by atoms with Gasteiger partial charge in [0.2, 0.25) is 5.91 Å². The second-order valence-corrected chi connectivity index (χ2v) is 5.09. The predicted molar refractivity (Wildman–Crippen MR) is 71.0 cm³/mol. The van der Waals surface area contributed by atoms with E-state index in [9.17, 15) is 4.79 Å². The molecule has 1 unspecified atom stereocenters. The number of nitrogens with one attached hydrogen (secondary N) is 2. The molecule has 4 nitrogen and oxygen atoms in total. The number of carbonyl (C=O) groups excluding carboxylic acids is 1. The number of rotatable bonds is 5. The summed E-state index contributed by atoms with van der Waals surface area (Å²) in [6.07, 6.45) is 3.56. The molecule has 0 aromatic heterocycles. The summed E-state index contributed by atoms with van der Waals surface area (Å²) >= 11 is 0. The first kappa shape index (κ1) is 14.5. The molecule has 1 aliphatic rings. The monoisotopic (exact) mass is 241 g/mol. The molecule has 17 heavy (non-hydrogen) atoms. The number of carbonyl (C=O) groups is 1. The highest BCUT2D eigenvalue weighted by molar-refractivity contribution is 5.77. The molecule has 100 valence electrons. The van der Waals surface area contributed by atoms with Gasteiger partial charge in [-0.3, -0.25) is 4.79 Å². The Hall–Kier alpha value is -0.610. The lowest BCUT2D eigenvalue weighted by atomic mass is 10.1. The summed E-state index contributed by atoms with van der Waals surface area (Å²) in [5, 5.41) is 6.18. The van der Waals surface area contributed by atoms with Gasteiger partial charge in [-0.25, -0.2) is 0 Å². The average Bonchev–Trinajstić information content (AvgIpc) is 2.52. The molecule has 1 aliphatic heterocycles. The molecule has 1 fully saturated rings. The molecular weight excluding hydrogens is 214 g/mol. The standard InChI is InChI=1S/C13H27N3O/c1-4-14-13(17)10-15-12-6-5-8-16(9-7-12)11(2)3/h11-12,15H,4-10H2,1-3H3,(H,14,17). The number of hydrogen-bond donors (Lipinski definition) is 2. The van der Waals surface area contributed by atoms with E-state index in [1.54, 1.807) is 0 Å². The smallest absolute Gasteiger partial charge is 0.233 e. The first-order valence-electron chi connectivity index (χ1n) is 6.87. The zero-order chi connectivity index (χ0) is 12.7. The molecule has 1 rings (SSSR count). The Morgan fingerprint density at radius 3 is 2.76 bits per heavy atom. The van der Waals surface area contributed by atoms with Crippen LogP contribution in [0.15, 0.2) is 0 Å². The Labute approximate surface area is 105 Å². The van der Waals surface area contributed by atoms with Crippen LogP contribution in [0, 0.1) is 0 Å². The average molecular weight is 241 g/mol. The predicted octanol–water partition coefficient (Wildman–Crippen LogP) is 0.975. The summed E-state index contributed by atoms with van der Waals surface area (Å²) in [7, 11) is 0. The van der Waals surface area contributed by atoms with Crippen molar-refractivity contribution in [2.75, 3.05) is 26.2 Å². The first-order chi connectivity index (χ1) is 8.13. The molecule has 4 heteroatoms. The van der Waals surface area contributed by atoms with Gasteiger partial charge in [0.15, 0.2) is 0 Å². The maximum absolute atomic E-state index is 11.4. The van der Waals surface area contributed by atoms with Gasteiger partial charge >= 0.3 is 0 Å². The van der Waals surface area contributed by atoms with Crippen molar-refractivity contribution in [2.24, 2.45) is 0 Å². The minimum absolute atomic E-state index is 0.109. The van der Waals surface area contributed by atoms with Crippen molar-refractivity contribution in [3.8, 4) is 0 Å². The van der Waals surface area contributed by atoms with Gasteiger partial charge < -0.3 is 15.5 Å². The maximum atomic E-state index is 11.4. The molecule has 0 bridgehead atoms. The molecular formula is C13H27N3O. The first-order valence-corrected chi connectivity index (χ1v) is 6.87. The lowest BCUT2D eigenvalue weighted by Gasteiger charge is -2.24. The van der Waals surface area contributed by atoms with Gasteiger partial charge in [-0.1, -0.05) is 0 Å². The Bertz CT molecular complexity index is 231. The third kappa shape index (κ3) is 5.50. The maximum Gasteiger partial charge on any atom is 0.233 e. The summed E-state index contributed by atoms with van der Waals surface area (Å²) in [4.78, 5) is 13.9. The molecule has 0 saturated carbocycles. The van der Waals surface area contributed by atoms with Crippen LogP contribution >= 0.6 is 0 Å². The Morgan fingerprint density at radius 2 is 2.12 bits per heavy atom. The largest absolute Gasteiger partial charge is 0.355 e. The highest BCUT2D eigenvalue weighted by Gasteiger charge is 2.18. The number of amides is 1. The van der Waals surface area contributed by atoms with Crippen molar-refractivity contribution in [1.29, 1.82) is 0 Å². The number of hydrogen-bond acceptors (Lipinski definition) is 3. The van der Waals surface area contributed by atoms with Crippen molar-refractivity contribution in [2.45, 2.75) is 52.1 Å². The Balaban J connectivity index is 2.24. The second-order valence-electron chi connectivity index (χ2n) is 5.09. The van der Waals surface area contributed by atoms with Gasteiger partial charge in [-0.15, -0.1) is 0 Å². The van der Waals surface area contributed by atoms with Gasteiger partial charge in [0.25, 0.3) is 0 Å². The van der Waals surface area contributed by atoms with Gasteiger partial charge in [0.1, 0.15) is 0 Å². The molecule has 1 heterocycles. The van der Waals surface area contributed by atoms with Crippen LogP contribution in [0.4, 0.5) is 0 Å². The van der Waals surface area contributed by atoms with Crippen LogP contribution in [0.3, 0.4) is 0 Å². The topological polar surface area (TPSA) is 44.4 Å². The molecule has 1 atom stereocenters. The normalized spacial score (nSPS) is 22.5. The molecule has 0 radical (unpaired) electrons. The van der Waals surface area contributed by atoms with Crippen LogP contribution in [-0.2, 0) is 4.79 Å². The summed E-state index contributed by atoms with van der Waals surface area (Å²) in [5.41, 5.74) is 0. The van der Waals surface area contributed by atoms with E-state index in [1.807, 2.05) is 6.92 Å². The van der Waals surface area contributed by atoms with Crippen LogP contribution in [0.25, 0.3) is 0 Å². The van der Waals surface area contributed by atoms with E-state index in [0.717, 1.165) is 13.0 Å². The van der Waals surface area contributed by atoms with E-state index in [0.29, 0.717) is 25.2 Å². The molecule has 0 aromatic rings. The van der Waals surface area contributed by atoms with Crippen LogP contribution in [0.2, 0.25) is 0 Å². The highest BCUT2D eigenvalue weighted by atomic mass is 16.1. The molecule has 0 spiro atoms. The van der Waals surface area contributed by atoms with Crippen LogP contribution in [0.1, 0.15) is 40.0 Å². The van der Waals surface area contributed by atoms with E-state index >= 15 is 0 Å². The summed E-state index contributed by atoms with van der Waals surface area (Å²) < 4.78 is 0. The fraction of sp³-hybridized carbons (Fsp3) is 0.923. The van der Waals surface area contributed by atoms with E-state index in [-0.39, 0.29) is 5.91 Å². The van der Waals surface area contributed by atoms with Crippen molar-refractivity contribution in [1.82, 2.24) is 15.5 Å². The lowest BCUT2D eigenvalue weighted by molar-refractivity contribution is -0.120. The van der Waals surface area contributed by atoms with Gasteiger partial charge in [0, 0.05) is 18.6 Å². The van der Waals surface area contributed by atoms with Crippen molar-refractivity contribution >= 4 is 5.91 Å². The zero-order valence-corrected chi connectivity index (χ0v) is 11.5. The summed E-state index contributed by atoms with van der Waals surface area (Å²) in [6, 6.07) is 1.14. The van der Waals surface area contributed by atoms with Crippen molar-refractivity contribution in [3.05, 3.63) is 0 Å². The van der Waals surface area contributed by atoms with Crippen LogP contribution in [-0.4, -0.2) is 49.1 Å². The minimum Gasteiger partial charge on any atom is -0.355 e. The lowest BCUT2D eigenvalue weighted by Crippen LogP contribution is -2.39. The molecule has 0 aromatic carbocycles. The number of likely N-dealkylation sites (N-methyl/N-ethyl adjacent to an activating group) is 1. The zero-order valence-electron chi connectivity index (χ0n) is 11.5. The highest BCUT2D eigenvalue weighted by Crippen LogP contribution is 2.12. The van der Waals surface area contributed by atoms with Gasteiger partial charge in [-0.05, 0) is 53.1 Å². The minimum atomic E-state index is 0.109. The molecule has 1 amide bonds. The van der Waals surface area contributed by atoms with Crippen LogP contribution < -0.4 is 10.6 Å². The van der Waals surface area contributed by atoms with Crippen LogP contribution in [0.5, 0.6) is 0 Å². The summed E-state index contributed by atoms with van der Waals surface area (Å²) in [5.74, 6) is 0.109. The molecule has 2 N–H and O–H groups in total. The second kappa shape index (κ2) is 7.67. The van der Waals surface area contributed by atoms with Gasteiger partial charge in [0.05, 0.1) is 6.54 Å². The molecule has 0 aliphatic carbocycles.